The van der Waals surface area contributed by atoms with Crippen molar-refractivity contribution >= 4 is 50.0 Å². The minimum absolute atomic E-state index is 0.00856. The van der Waals surface area contributed by atoms with Crippen molar-refractivity contribution in [3.05, 3.63) is 59.0 Å². The van der Waals surface area contributed by atoms with Gasteiger partial charge < -0.3 is 10.5 Å². The van der Waals surface area contributed by atoms with Crippen LogP contribution in [-0.2, 0) is 19.6 Å². The van der Waals surface area contributed by atoms with E-state index in [1.807, 2.05) is 0 Å². The van der Waals surface area contributed by atoms with E-state index in [0.717, 1.165) is 11.8 Å². The van der Waals surface area contributed by atoms with Crippen LogP contribution in [0.3, 0.4) is 0 Å². The van der Waals surface area contributed by atoms with Crippen LogP contribution >= 0.6 is 11.8 Å². The minimum Gasteiger partial charge on any atom is -0.497 e. The smallest absolute Gasteiger partial charge is 0.287 e. The molecule has 0 fully saturated rings. The van der Waals surface area contributed by atoms with Crippen LogP contribution in [0.5, 0.6) is 5.75 Å². The summed E-state index contributed by atoms with van der Waals surface area (Å²) >= 11 is 0.851. The standard InChI is InChI=1S/C18H13N3O5S2/c1-26-10-6-8-11(9-7-10)28(24,25)21-13-5-3-2-4-12(13)14(17(21)23)15-16(22)20-18(19)27-15/h2-9H,1H3,(H2,19,20,22)/b15-14-. The molecule has 2 aliphatic rings. The zero-order valence-electron chi connectivity index (χ0n) is 14.4. The highest BCUT2D eigenvalue weighted by molar-refractivity contribution is 8.18. The van der Waals surface area contributed by atoms with Crippen molar-refractivity contribution in [3.63, 3.8) is 0 Å². The number of benzene rings is 2. The van der Waals surface area contributed by atoms with Crippen LogP contribution < -0.4 is 14.8 Å². The fourth-order valence-electron chi connectivity index (χ4n) is 2.98. The Labute approximate surface area is 164 Å². The van der Waals surface area contributed by atoms with Gasteiger partial charge in [0.05, 0.1) is 28.2 Å². The highest BCUT2D eigenvalue weighted by Crippen LogP contribution is 2.44. The molecule has 0 spiro atoms. The lowest BCUT2D eigenvalue weighted by atomic mass is 10.1. The van der Waals surface area contributed by atoms with E-state index in [2.05, 4.69) is 4.99 Å². The van der Waals surface area contributed by atoms with Crippen LogP contribution in [0, 0.1) is 0 Å². The molecule has 2 heterocycles. The summed E-state index contributed by atoms with van der Waals surface area (Å²) in [6.07, 6.45) is 0. The number of ether oxygens (including phenoxy) is 1. The molecule has 2 N–H and O–H groups in total. The number of amidine groups is 1. The van der Waals surface area contributed by atoms with Gasteiger partial charge in [0, 0.05) is 5.56 Å². The Hall–Kier alpha value is -3.11. The molecule has 0 aliphatic carbocycles. The first kappa shape index (κ1) is 18.3. The number of amides is 2. The number of aliphatic imine (C=N–C) groups is 1. The van der Waals surface area contributed by atoms with E-state index < -0.39 is 21.8 Å². The maximum Gasteiger partial charge on any atom is 0.287 e. The highest BCUT2D eigenvalue weighted by atomic mass is 32.2. The quantitative estimate of drug-likeness (QED) is 0.758. The second-order valence-corrected chi connectivity index (χ2v) is 8.65. The molecule has 0 atom stereocenters. The summed E-state index contributed by atoms with van der Waals surface area (Å²) in [5.74, 6) is -1.00. The lowest BCUT2D eigenvalue weighted by molar-refractivity contribution is -0.114. The molecule has 0 saturated heterocycles. The fraction of sp³-hybridized carbons (Fsp3) is 0.0556. The maximum absolute atomic E-state index is 13.2. The number of nitrogens with two attached hydrogens (primary N) is 1. The monoisotopic (exact) mass is 415 g/mol. The summed E-state index contributed by atoms with van der Waals surface area (Å²) < 4.78 is 32.2. The number of carbonyl (C=O) groups excluding carboxylic acids is 2. The third-order valence-corrected chi connectivity index (χ3v) is 6.82. The Balaban J connectivity index is 1.88. The van der Waals surface area contributed by atoms with Crippen molar-refractivity contribution in [3.8, 4) is 5.75 Å². The Bertz CT molecular complexity index is 1180. The Morgan fingerprint density at radius 3 is 2.36 bits per heavy atom. The van der Waals surface area contributed by atoms with Crippen molar-refractivity contribution in [1.29, 1.82) is 0 Å². The summed E-state index contributed by atoms with van der Waals surface area (Å²) in [5.41, 5.74) is 6.08. The molecule has 4 rings (SSSR count). The van der Waals surface area contributed by atoms with Gasteiger partial charge in [-0.3, -0.25) is 9.59 Å². The van der Waals surface area contributed by atoms with Crippen LogP contribution in [-0.4, -0.2) is 32.5 Å². The number of sulfonamides is 1. The van der Waals surface area contributed by atoms with Gasteiger partial charge in [0.1, 0.15) is 5.75 Å². The maximum atomic E-state index is 13.2. The molecule has 0 bridgehead atoms. The number of anilines is 1. The molecule has 28 heavy (non-hydrogen) atoms. The largest absolute Gasteiger partial charge is 0.497 e. The Morgan fingerprint density at radius 1 is 1.07 bits per heavy atom. The van der Waals surface area contributed by atoms with E-state index in [9.17, 15) is 18.0 Å². The summed E-state index contributed by atoms with van der Waals surface area (Å²) in [7, 11) is -2.75. The fourth-order valence-corrected chi connectivity index (χ4v) is 5.17. The third-order valence-electron chi connectivity index (χ3n) is 4.23. The van der Waals surface area contributed by atoms with Crippen molar-refractivity contribution in [2.24, 2.45) is 10.7 Å². The van der Waals surface area contributed by atoms with Crippen molar-refractivity contribution < 1.29 is 22.7 Å². The second-order valence-electron chi connectivity index (χ2n) is 5.83. The molecule has 142 valence electrons. The second kappa shape index (κ2) is 6.50. The third kappa shape index (κ3) is 2.69. The highest BCUT2D eigenvalue weighted by Gasteiger charge is 2.44. The molecule has 2 amide bonds. The number of rotatable bonds is 3. The van der Waals surface area contributed by atoms with Crippen LogP contribution in [0.2, 0.25) is 0 Å². The van der Waals surface area contributed by atoms with E-state index in [1.165, 1.54) is 37.4 Å². The van der Waals surface area contributed by atoms with Crippen LogP contribution in [0.4, 0.5) is 5.69 Å². The first-order valence-corrected chi connectivity index (χ1v) is 10.2. The molecule has 0 aromatic heterocycles. The molecular weight excluding hydrogens is 402 g/mol. The van der Waals surface area contributed by atoms with Crippen LogP contribution in [0.25, 0.3) is 5.57 Å². The lowest BCUT2D eigenvalue weighted by Gasteiger charge is -2.17. The number of nitrogens with zero attached hydrogens (tertiary/aromatic N) is 2. The number of para-hydroxylation sites is 1. The number of fused-ring (bicyclic) bond motifs is 1. The molecule has 2 aromatic rings. The van der Waals surface area contributed by atoms with Gasteiger partial charge in [-0.1, -0.05) is 18.2 Å². The molecule has 10 heteroatoms. The zero-order chi connectivity index (χ0) is 20.1. The van der Waals surface area contributed by atoms with E-state index in [-0.39, 0.29) is 26.2 Å². The molecule has 2 aromatic carbocycles. The first-order valence-electron chi connectivity index (χ1n) is 7.98. The van der Waals surface area contributed by atoms with E-state index in [0.29, 0.717) is 15.6 Å². The van der Waals surface area contributed by atoms with Gasteiger partial charge in [-0.25, -0.2) is 8.42 Å². The van der Waals surface area contributed by atoms with Gasteiger partial charge >= 0.3 is 0 Å². The number of hydrogen-bond acceptors (Lipinski definition) is 7. The first-order chi connectivity index (χ1) is 13.3. The summed E-state index contributed by atoms with van der Waals surface area (Å²) in [5, 5.41) is 0.00856. The van der Waals surface area contributed by atoms with Gasteiger partial charge in [-0.15, -0.1) is 0 Å². The van der Waals surface area contributed by atoms with Crippen molar-refractivity contribution in [2.75, 3.05) is 11.4 Å². The van der Waals surface area contributed by atoms with Gasteiger partial charge in [0.15, 0.2) is 5.17 Å². The predicted octanol–water partition coefficient (Wildman–Crippen LogP) is 1.73. The van der Waals surface area contributed by atoms with Crippen molar-refractivity contribution in [1.82, 2.24) is 0 Å². The summed E-state index contributed by atoms with van der Waals surface area (Å²) in [6, 6.07) is 12.1. The van der Waals surface area contributed by atoms with E-state index in [4.69, 9.17) is 10.5 Å². The molecule has 0 unspecified atom stereocenters. The van der Waals surface area contributed by atoms with Gasteiger partial charge in [0.25, 0.3) is 21.8 Å². The van der Waals surface area contributed by atoms with Gasteiger partial charge in [0.2, 0.25) is 0 Å². The number of hydrogen-bond donors (Lipinski definition) is 1. The number of thioether (sulfide) groups is 1. The molecular formula is C18H13N3O5S2. The minimum atomic E-state index is -4.21. The van der Waals surface area contributed by atoms with E-state index >= 15 is 0 Å². The molecule has 0 saturated carbocycles. The summed E-state index contributed by atoms with van der Waals surface area (Å²) in [6.45, 7) is 0. The molecule has 2 aliphatic heterocycles. The van der Waals surface area contributed by atoms with Crippen LogP contribution in [0.1, 0.15) is 5.56 Å². The van der Waals surface area contributed by atoms with Gasteiger partial charge in [-0.05, 0) is 42.1 Å². The molecule has 8 nitrogen and oxygen atoms in total. The topological polar surface area (TPSA) is 119 Å². The number of carbonyl (C=O) groups is 2. The lowest BCUT2D eigenvalue weighted by Crippen LogP contribution is -2.33. The van der Waals surface area contributed by atoms with Crippen LogP contribution in [0.15, 0.2) is 63.3 Å². The average molecular weight is 415 g/mol. The summed E-state index contributed by atoms with van der Waals surface area (Å²) in [4.78, 5) is 28.8. The normalized spacial score (nSPS) is 19.0. The SMILES string of the molecule is COc1ccc(S(=O)(=O)N2C(=O)/C(=C3\SC(N)=NC3=O)c3ccccc32)cc1. The van der Waals surface area contributed by atoms with Gasteiger partial charge in [-0.2, -0.15) is 9.30 Å². The number of methoxy groups -OCH3 is 1. The molecule has 0 radical (unpaired) electrons. The Kier molecular flexibility index (Phi) is 4.24. The Morgan fingerprint density at radius 2 is 1.75 bits per heavy atom. The predicted molar refractivity (Wildman–Crippen MR) is 105 cm³/mol. The van der Waals surface area contributed by atoms with E-state index in [1.54, 1.807) is 18.2 Å². The van der Waals surface area contributed by atoms with Crippen molar-refractivity contribution in [2.45, 2.75) is 4.90 Å². The average Bonchev–Trinajstić information content (AvgIpc) is 3.16. The zero-order valence-corrected chi connectivity index (χ0v) is 16.1.